The van der Waals surface area contributed by atoms with Crippen LogP contribution in [0.15, 0.2) is 18.5 Å². The van der Waals surface area contributed by atoms with Crippen molar-refractivity contribution in [1.29, 1.82) is 0 Å². The summed E-state index contributed by atoms with van der Waals surface area (Å²) >= 11 is 5.77. The maximum Gasteiger partial charge on any atom is 0.242 e. The van der Waals surface area contributed by atoms with Gasteiger partial charge in [0.15, 0.2) is 0 Å². The van der Waals surface area contributed by atoms with Crippen LogP contribution in [0.5, 0.6) is 0 Å². The Kier molecular flexibility index (Phi) is 3.81. The van der Waals surface area contributed by atoms with Gasteiger partial charge < -0.3 is 9.47 Å². The van der Waals surface area contributed by atoms with Gasteiger partial charge >= 0.3 is 0 Å². The van der Waals surface area contributed by atoms with E-state index in [4.69, 9.17) is 11.6 Å². The number of alkyl halides is 1. The lowest BCUT2D eigenvalue weighted by Gasteiger charge is -2.13. The fourth-order valence-corrected chi connectivity index (χ4v) is 1.93. The van der Waals surface area contributed by atoms with E-state index in [-0.39, 0.29) is 12.5 Å². The highest BCUT2D eigenvalue weighted by molar-refractivity contribution is 6.17. The maximum atomic E-state index is 11.8. The first-order valence-electron chi connectivity index (χ1n) is 5.68. The van der Waals surface area contributed by atoms with Crippen LogP contribution in [0.1, 0.15) is 5.82 Å². The molecule has 96 valence electrons. The molecule has 5 nitrogen and oxygen atoms in total. The molecular weight excluding hydrogens is 252 g/mol. The molecule has 1 amide bonds. The lowest BCUT2D eigenvalue weighted by Crippen LogP contribution is -2.27. The van der Waals surface area contributed by atoms with Crippen molar-refractivity contribution < 1.29 is 4.79 Å². The molecule has 0 saturated carbocycles. The fourth-order valence-electron chi connectivity index (χ4n) is 1.76. The van der Waals surface area contributed by atoms with Crippen molar-refractivity contribution in [2.24, 2.45) is 0 Å². The standard InChI is InChI=1S/C12H15ClN4O/c1-16(2)12(18)8-17-10-4-6-14-7-9(10)15-11(17)3-5-13/h4,6-7H,3,5,8H2,1-2H3. The van der Waals surface area contributed by atoms with E-state index in [1.54, 1.807) is 31.4 Å². The molecule has 0 fully saturated rings. The lowest BCUT2D eigenvalue weighted by molar-refractivity contribution is -0.129. The fraction of sp³-hybridized carbons (Fsp3) is 0.417. The number of aryl methyl sites for hydroxylation is 1. The molecule has 0 aliphatic rings. The average molecular weight is 267 g/mol. The van der Waals surface area contributed by atoms with Crippen LogP contribution in [0.25, 0.3) is 11.0 Å². The summed E-state index contributed by atoms with van der Waals surface area (Å²) in [6.45, 7) is 0.278. The summed E-state index contributed by atoms with van der Waals surface area (Å²) in [6.07, 6.45) is 4.03. The number of pyridine rings is 1. The number of carbonyl (C=O) groups is 1. The summed E-state index contributed by atoms with van der Waals surface area (Å²) in [4.78, 5) is 21.9. The molecule has 2 heterocycles. The Morgan fingerprint density at radius 3 is 2.94 bits per heavy atom. The second-order valence-electron chi connectivity index (χ2n) is 4.21. The molecule has 18 heavy (non-hydrogen) atoms. The van der Waals surface area contributed by atoms with E-state index in [1.807, 2.05) is 10.6 Å². The Morgan fingerprint density at radius 1 is 1.50 bits per heavy atom. The molecule has 0 N–H and O–H groups in total. The highest BCUT2D eigenvalue weighted by atomic mass is 35.5. The van der Waals surface area contributed by atoms with E-state index in [9.17, 15) is 4.79 Å². The minimum absolute atomic E-state index is 0.0296. The molecular formula is C12H15ClN4O. The summed E-state index contributed by atoms with van der Waals surface area (Å²) < 4.78 is 1.90. The van der Waals surface area contributed by atoms with Crippen LogP contribution in [0.4, 0.5) is 0 Å². The number of likely N-dealkylation sites (N-methyl/N-ethyl adjacent to an activating group) is 1. The molecule has 0 spiro atoms. The number of rotatable bonds is 4. The lowest BCUT2D eigenvalue weighted by atomic mass is 10.4. The van der Waals surface area contributed by atoms with Gasteiger partial charge in [-0.1, -0.05) is 0 Å². The third kappa shape index (κ3) is 2.46. The number of halogens is 1. The number of hydrogen-bond donors (Lipinski definition) is 0. The van der Waals surface area contributed by atoms with Crippen molar-refractivity contribution in [1.82, 2.24) is 19.4 Å². The van der Waals surface area contributed by atoms with Crippen molar-refractivity contribution in [2.75, 3.05) is 20.0 Å². The summed E-state index contributed by atoms with van der Waals surface area (Å²) in [6, 6.07) is 1.86. The SMILES string of the molecule is CN(C)C(=O)Cn1c(CCCl)nc2cnccc21. The number of aromatic nitrogens is 3. The van der Waals surface area contributed by atoms with Crippen molar-refractivity contribution in [3.8, 4) is 0 Å². The minimum Gasteiger partial charge on any atom is -0.347 e. The predicted octanol–water partition coefficient (Wildman–Crippen LogP) is 1.30. The number of fused-ring (bicyclic) bond motifs is 1. The monoisotopic (exact) mass is 266 g/mol. The van der Waals surface area contributed by atoms with Gasteiger partial charge in [0.05, 0.1) is 11.7 Å². The molecule has 6 heteroatoms. The molecule has 2 aromatic rings. The first-order chi connectivity index (χ1) is 8.63. The van der Waals surface area contributed by atoms with E-state index < -0.39 is 0 Å². The third-order valence-electron chi connectivity index (χ3n) is 2.74. The van der Waals surface area contributed by atoms with Crippen LogP contribution in [-0.4, -0.2) is 45.3 Å². The van der Waals surface area contributed by atoms with Crippen LogP contribution in [0, 0.1) is 0 Å². The van der Waals surface area contributed by atoms with Gasteiger partial charge in [0.1, 0.15) is 17.9 Å². The van der Waals surface area contributed by atoms with Gasteiger partial charge in [0.25, 0.3) is 0 Å². The smallest absolute Gasteiger partial charge is 0.242 e. The molecule has 2 rings (SSSR count). The zero-order chi connectivity index (χ0) is 13.1. The van der Waals surface area contributed by atoms with Crippen LogP contribution in [0.3, 0.4) is 0 Å². The number of hydrogen-bond acceptors (Lipinski definition) is 3. The molecule has 0 atom stereocenters. The van der Waals surface area contributed by atoms with Crippen molar-refractivity contribution in [3.05, 3.63) is 24.3 Å². The van der Waals surface area contributed by atoms with Gasteiger partial charge in [-0.3, -0.25) is 9.78 Å². The highest BCUT2D eigenvalue weighted by Crippen LogP contribution is 2.15. The Morgan fingerprint density at radius 2 is 2.28 bits per heavy atom. The Bertz CT molecular complexity index is 564. The van der Waals surface area contributed by atoms with Crippen LogP contribution < -0.4 is 0 Å². The normalized spacial score (nSPS) is 10.8. The number of amides is 1. The zero-order valence-electron chi connectivity index (χ0n) is 10.4. The topological polar surface area (TPSA) is 51.0 Å². The van der Waals surface area contributed by atoms with Gasteiger partial charge in [0, 0.05) is 32.6 Å². The van der Waals surface area contributed by atoms with Crippen LogP contribution >= 0.6 is 11.6 Å². The Hall–Kier alpha value is -1.62. The first kappa shape index (κ1) is 12.8. The predicted molar refractivity (Wildman–Crippen MR) is 70.6 cm³/mol. The largest absolute Gasteiger partial charge is 0.347 e. The molecule has 0 unspecified atom stereocenters. The second-order valence-corrected chi connectivity index (χ2v) is 4.58. The minimum atomic E-state index is 0.0296. The van der Waals surface area contributed by atoms with Crippen molar-refractivity contribution >= 4 is 28.5 Å². The molecule has 0 aliphatic carbocycles. The number of imidazole rings is 1. The first-order valence-corrected chi connectivity index (χ1v) is 6.22. The van der Waals surface area contributed by atoms with Gasteiger partial charge in [-0.15, -0.1) is 11.6 Å². The summed E-state index contributed by atoms with van der Waals surface area (Å²) in [5, 5.41) is 0. The summed E-state index contributed by atoms with van der Waals surface area (Å²) in [5.41, 5.74) is 1.71. The Labute approximate surface area is 110 Å². The quantitative estimate of drug-likeness (QED) is 0.784. The van der Waals surface area contributed by atoms with E-state index in [0.717, 1.165) is 16.9 Å². The van der Waals surface area contributed by atoms with Gasteiger partial charge in [-0.25, -0.2) is 4.98 Å². The molecule has 0 saturated heterocycles. The second kappa shape index (κ2) is 5.35. The molecule has 0 bridgehead atoms. The van der Waals surface area contributed by atoms with E-state index in [0.29, 0.717) is 12.3 Å². The average Bonchev–Trinajstić information content (AvgIpc) is 2.68. The van der Waals surface area contributed by atoms with E-state index in [1.165, 1.54) is 0 Å². The molecule has 0 aliphatic heterocycles. The van der Waals surface area contributed by atoms with Gasteiger partial charge in [-0.05, 0) is 6.07 Å². The van der Waals surface area contributed by atoms with Gasteiger partial charge in [-0.2, -0.15) is 0 Å². The van der Waals surface area contributed by atoms with Crippen LogP contribution in [0.2, 0.25) is 0 Å². The third-order valence-corrected chi connectivity index (χ3v) is 2.93. The molecule has 0 radical (unpaired) electrons. The van der Waals surface area contributed by atoms with Crippen molar-refractivity contribution in [3.63, 3.8) is 0 Å². The Balaban J connectivity index is 2.44. The molecule has 2 aromatic heterocycles. The maximum absolute atomic E-state index is 11.8. The summed E-state index contributed by atoms with van der Waals surface area (Å²) in [5.74, 6) is 1.33. The van der Waals surface area contributed by atoms with Crippen molar-refractivity contribution in [2.45, 2.75) is 13.0 Å². The van der Waals surface area contributed by atoms with Crippen LogP contribution in [-0.2, 0) is 17.8 Å². The zero-order valence-corrected chi connectivity index (χ0v) is 11.2. The van der Waals surface area contributed by atoms with E-state index >= 15 is 0 Å². The van der Waals surface area contributed by atoms with Gasteiger partial charge in [0.2, 0.25) is 5.91 Å². The van der Waals surface area contributed by atoms with E-state index in [2.05, 4.69) is 9.97 Å². The summed E-state index contributed by atoms with van der Waals surface area (Å²) in [7, 11) is 3.48. The number of carbonyl (C=O) groups excluding carboxylic acids is 1. The highest BCUT2D eigenvalue weighted by Gasteiger charge is 2.14. The number of nitrogens with zero attached hydrogens (tertiary/aromatic N) is 4. The molecule has 0 aromatic carbocycles.